The quantitative estimate of drug-likeness (QED) is 0.260. The highest BCUT2D eigenvalue weighted by atomic mass is 79.9. The fourth-order valence-electron chi connectivity index (χ4n) is 2.47. The molecule has 0 radical (unpaired) electrons. The second-order valence-corrected chi connectivity index (χ2v) is 6.34. The van der Waals surface area contributed by atoms with Crippen LogP contribution in [0, 0.1) is 0 Å². The first-order valence-electron chi connectivity index (χ1n) is 7.21. The summed E-state index contributed by atoms with van der Waals surface area (Å²) >= 11 is 3.34. The van der Waals surface area contributed by atoms with Crippen molar-refractivity contribution in [3.05, 3.63) is 56.3 Å². The molecule has 3 rings (SSSR count). The van der Waals surface area contributed by atoms with Crippen molar-refractivity contribution in [3.63, 3.8) is 0 Å². The summed E-state index contributed by atoms with van der Waals surface area (Å²) in [4.78, 5) is 18.5. The van der Waals surface area contributed by atoms with E-state index in [9.17, 15) is 20.1 Å². The molecule has 0 saturated heterocycles. The van der Waals surface area contributed by atoms with Crippen LogP contribution in [0.25, 0.3) is 10.8 Å². The molecule has 0 aliphatic rings. The van der Waals surface area contributed by atoms with Crippen LogP contribution in [0.5, 0.6) is 17.4 Å². The maximum atomic E-state index is 11.9. The Balaban J connectivity index is 1.99. The van der Waals surface area contributed by atoms with Gasteiger partial charge in [0.25, 0.3) is 5.56 Å². The largest absolute Gasteiger partial charge is 0.504 e. The Bertz CT molecular complexity index is 1040. The van der Waals surface area contributed by atoms with E-state index in [-0.39, 0.29) is 29.6 Å². The van der Waals surface area contributed by atoms with Crippen molar-refractivity contribution in [2.45, 2.75) is 6.54 Å². The second kappa shape index (κ2) is 6.48. The molecule has 7 nitrogen and oxygen atoms in total. The van der Waals surface area contributed by atoms with Crippen molar-refractivity contribution in [2.75, 3.05) is 5.73 Å². The predicted molar refractivity (Wildman–Crippen MR) is 99.4 cm³/mol. The number of nitrogens with zero attached hydrogens (tertiary/aromatic N) is 1. The molecular weight excluding hydrogens is 390 g/mol. The number of halogens is 1. The third-order valence-corrected chi connectivity index (χ3v) is 4.17. The molecular formula is C17H14BrN3O4. The number of nitrogen functional groups attached to an aromatic ring is 1. The lowest BCUT2D eigenvalue weighted by Gasteiger charge is -2.06. The molecule has 6 N–H and O–H groups in total. The molecule has 25 heavy (non-hydrogen) atoms. The number of hydrogen-bond acceptors (Lipinski definition) is 6. The third kappa shape index (κ3) is 3.29. The summed E-state index contributed by atoms with van der Waals surface area (Å²) in [5.74, 6) is -0.985. The van der Waals surface area contributed by atoms with Crippen LogP contribution in [0.2, 0.25) is 0 Å². The van der Waals surface area contributed by atoms with Gasteiger partial charge in [-0.3, -0.25) is 14.8 Å². The lowest BCUT2D eigenvalue weighted by molar-refractivity contribution is 0.405. The average Bonchev–Trinajstić information content (AvgIpc) is 2.55. The second-order valence-electron chi connectivity index (χ2n) is 5.43. The number of aromatic hydroxyl groups is 3. The minimum absolute atomic E-state index is 0.0477. The lowest BCUT2D eigenvalue weighted by atomic mass is 10.1. The summed E-state index contributed by atoms with van der Waals surface area (Å²) in [6, 6.07) is 7.94. The summed E-state index contributed by atoms with van der Waals surface area (Å²) in [6.07, 6.45) is 1.43. The van der Waals surface area contributed by atoms with E-state index in [1.54, 1.807) is 18.2 Å². The van der Waals surface area contributed by atoms with Gasteiger partial charge in [-0.1, -0.05) is 15.9 Å². The number of phenols is 2. The Morgan fingerprint density at radius 2 is 1.92 bits per heavy atom. The molecule has 0 spiro atoms. The highest BCUT2D eigenvalue weighted by Crippen LogP contribution is 2.32. The summed E-state index contributed by atoms with van der Waals surface area (Å²) in [5, 5.41) is 30.1. The van der Waals surface area contributed by atoms with E-state index in [1.807, 2.05) is 0 Å². The number of aromatic nitrogens is 1. The Labute approximate surface area is 150 Å². The molecule has 0 aliphatic heterocycles. The van der Waals surface area contributed by atoms with Crippen LogP contribution in [-0.4, -0.2) is 26.5 Å². The van der Waals surface area contributed by atoms with Gasteiger partial charge in [0.05, 0.1) is 17.8 Å². The fourth-order valence-corrected chi connectivity index (χ4v) is 2.83. The molecule has 0 fully saturated rings. The summed E-state index contributed by atoms with van der Waals surface area (Å²) < 4.78 is 0.760. The number of H-pyrrole nitrogens is 1. The highest BCUT2D eigenvalue weighted by molar-refractivity contribution is 9.10. The number of hydrogen-bond donors (Lipinski definition) is 5. The van der Waals surface area contributed by atoms with Gasteiger partial charge in [-0.15, -0.1) is 0 Å². The van der Waals surface area contributed by atoms with Gasteiger partial charge in [0.1, 0.15) is 0 Å². The SMILES string of the molecule is Nc1cc(CN=Cc2c(O)[nH]c(=O)c3ccc(Br)cc23)cc(O)c1O. The molecule has 0 unspecified atom stereocenters. The monoisotopic (exact) mass is 403 g/mol. The third-order valence-electron chi connectivity index (χ3n) is 3.68. The molecule has 8 heteroatoms. The molecule has 2 aromatic carbocycles. The molecule has 1 heterocycles. The minimum Gasteiger partial charge on any atom is -0.504 e. The Kier molecular flexibility index (Phi) is 4.37. The van der Waals surface area contributed by atoms with Crippen molar-refractivity contribution < 1.29 is 15.3 Å². The Hall–Kier alpha value is -3.00. The lowest BCUT2D eigenvalue weighted by Crippen LogP contribution is -2.08. The number of anilines is 1. The number of nitrogens with one attached hydrogen (secondary N) is 1. The van der Waals surface area contributed by atoms with E-state index in [4.69, 9.17) is 5.73 Å². The van der Waals surface area contributed by atoms with Gasteiger partial charge in [-0.25, -0.2) is 0 Å². The van der Waals surface area contributed by atoms with Crippen LogP contribution in [0.1, 0.15) is 11.1 Å². The first kappa shape index (κ1) is 16.8. The smallest absolute Gasteiger partial charge is 0.258 e. The van der Waals surface area contributed by atoms with Crippen LogP contribution < -0.4 is 11.3 Å². The number of nitrogens with two attached hydrogens (primary N) is 1. The van der Waals surface area contributed by atoms with Gasteiger partial charge >= 0.3 is 0 Å². The fraction of sp³-hybridized carbons (Fsp3) is 0.0588. The van der Waals surface area contributed by atoms with Gasteiger partial charge in [-0.2, -0.15) is 0 Å². The maximum absolute atomic E-state index is 11.9. The topological polar surface area (TPSA) is 132 Å². The molecule has 3 aromatic rings. The summed E-state index contributed by atoms with van der Waals surface area (Å²) in [5.41, 5.74) is 6.19. The molecule has 0 bridgehead atoms. The molecule has 0 aliphatic carbocycles. The Morgan fingerprint density at radius 1 is 1.16 bits per heavy atom. The zero-order valence-electron chi connectivity index (χ0n) is 12.8. The van der Waals surface area contributed by atoms with E-state index in [2.05, 4.69) is 25.9 Å². The van der Waals surface area contributed by atoms with E-state index >= 15 is 0 Å². The molecule has 0 atom stereocenters. The van der Waals surface area contributed by atoms with Crippen LogP contribution in [-0.2, 0) is 6.54 Å². The zero-order chi connectivity index (χ0) is 18.1. The van der Waals surface area contributed by atoms with Crippen molar-refractivity contribution in [1.29, 1.82) is 0 Å². The number of fused-ring (bicyclic) bond motifs is 1. The van der Waals surface area contributed by atoms with Crippen molar-refractivity contribution in [2.24, 2.45) is 4.99 Å². The van der Waals surface area contributed by atoms with Crippen molar-refractivity contribution in [1.82, 2.24) is 4.98 Å². The van der Waals surface area contributed by atoms with Gasteiger partial charge in [0.15, 0.2) is 11.5 Å². The van der Waals surface area contributed by atoms with E-state index < -0.39 is 5.56 Å². The highest BCUT2D eigenvalue weighted by Gasteiger charge is 2.10. The van der Waals surface area contributed by atoms with E-state index in [0.717, 1.165) is 4.47 Å². The normalized spacial score (nSPS) is 11.4. The van der Waals surface area contributed by atoms with E-state index in [1.165, 1.54) is 18.3 Å². The number of benzene rings is 2. The zero-order valence-corrected chi connectivity index (χ0v) is 14.4. The molecule has 0 saturated carbocycles. The van der Waals surface area contributed by atoms with Gasteiger partial charge in [-0.05, 0) is 35.9 Å². The number of aliphatic imine (C=N–C) groups is 1. The number of aromatic amines is 1. The molecule has 128 valence electrons. The first-order chi connectivity index (χ1) is 11.9. The van der Waals surface area contributed by atoms with Crippen LogP contribution >= 0.6 is 15.9 Å². The number of phenolic OH excluding ortho intramolecular Hbond substituents is 2. The number of rotatable bonds is 3. The standard InChI is InChI=1S/C17H14BrN3O4/c18-9-1-2-10-11(5-9)12(17(25)21-16(10)24)7-20-6-8-3-13(19)15(23)14(22)4-8/h1-5,7,22-23H,6,19H2,(H2,21,24,25). The van der Waals surface area contributed by atoms with Gasteiger partial charge in [0, 0.05) is 21.5 Å². The predicted octanol–water partition coefficient (Wildman–Crippen LogP) is 2.61. The maximum Gasteiger partial charge on any atom is 0.258 e. The van der Waals surface area contributed by atoms with Gasteiger partial charge < -0.3 is 21.1 Å². The van der Waals surface area contributed by atoms with Crippen molar-refractivity contribution in [3.8, 4) is 17.4 Å². The van der Waals surface area contributed by atoms with Crippen molar-refractivity contribution >= 4 is 38.6 Å². The summed E-state index contributed by atoms with van der Waals surface area (Å²) in [7, 11) is 0. The van der Waals surface area contributed by atoms with Gasteiger partial charge in [0.2, 0.25) is 5.88 Å². The first-order valence-corrected chi connectivity index (χ1v) is 8.00. The molecule has 1 aromatic heterocycles. The average molecular weight is 404 g/mol. The van der Waals surface area contributed by atoms with Crippen LogP contribution in [0.3, 0.4) is 0 Å². The summed E-state index contributed by atoms with van der Waals surface area (Å²) in [6.45, 7) is 0.159. The molecule has 0 amide bonds. The van der Waals surface area contributed by atoms with E-state index in [0.29, 0.717) is 21.9 Å². The van der Waals surface area contributed by atoms with Crippen LogP contribution in [0.15, 0.2) is 44.6 Å². The minimum atomic E-state index is -0.395. The van der Waals surface area contributed by atoms with Crippen LogP contribution in [0.4, 0.5) is 5.69 Å². The Morgan fingerprint density at radius 3 is 2.64 bits per heavy atom. The number of pyridine rings is 1.